The van der Waals surface area contributed by atoms with Crippen molar-refractivity contribution in [2.24, 2.45) is 0 Å². The molecule has 0 aliphatic carbocycles. The van der Waals surface area contributed by atoms with E-state index in [9.17, 15) is 13.2 Å². The number of halogens is 3. The Morgan fingerprint density at radius 3 is 2.70 bits per heavy atom. The molecule has 1 N–H and O–H groups in total. The van der Waals surface area contributed by atoms with E-state index in [2.05, 4.69) is 15.2 Å². The average Bonchev–Trinajstić information content (AvgIpc) is 2.51. The lowest BCUT2D eigenvalue weighted by atomic mass is 10.1. The van der Waals surface area contributed by atoms with Crippen molar-refractivity contribution in [1.29, 1.82) is 0 Å². The fourth-order valence-electron chi connectivity index (χ4n) is 2.88. The number of aromatic nitrogens is 1. The van der Waals surface area contributed by atoms with E-state index in [1.807, 2.05) is 13.8 Å². The zero-order valence-corrected chi connectivity index (χ0v) is 13.5. The molecular weight excluding hydrogens is 307 g/mol. The van der Waals surface area contributed by atoms with Gasteiger partial charge >= 0.3 is 6.18 Å². The summed E-state index contributed by atoms with van der Waals surface area (Å²) in [5.41, 5.74) is 0.627. The summed E-state index contributed by atoms with van der Waals surface area (Å²) in [5.74, 6) is 0. The Hall–Kier alpha value is -1.18. The standard InChI is InChI=1S/C16H24F3N3O/c1-12(22-7-8-23-11-13(22)2)10-21-15(16(17,18)19)9-14-3-5-20-6-4-14/h3-6,12-13,15,21H,7-11H2,1-2H3/t12-,13-,15+/m1/s1. The van der Waals surface area contributed by atoms with Crippen LogP contribution in [0.25, 0.3) is 0 Å². The van der Waals surface area contributed by atoms with Gasteiger partial charge < -0.3 is 10.1 Å². The molecule has 7 heteroatoms. The summed E-state index contributed by atoms with van der Waals surface area (Å²) >= 11 is 0. The Morgan fingerprint density at radius 2 is 2.09 bits per heavy atom. The average molecular weight is 331 g/mol. The molecule has 0 bridgehead atoms. The number of pyridine rings is 1. The van der Waals surface area contributed by atoms with Crippen molar-refractivity contribution in [3.63, 3.8) is 0 Å². The van der Waals surface area contributed by atoms with Gasteiger partial charge in [0, 0.05) is 37.6 Å². The zero-order chi connectivity index (χ0) is 16.9. The lowest BCUT2D eigenvalue weighted by molar-refractivity contribution is -0.156. The highest BCUT2D eigenvalue weighted by Crippen LogP contribution is 2.23. The molecule has 1 aromatic heterocycles. The van der Waals surface area contributed by atoms with E-state index in [4.69, 9.17) is 4.74 Å². The molecule has 2 rings (SSSR count). The molecule has 1 saturated heterocycles. The van der Waals surface area contributed by atoms with Crippen LogP contribution in [0.1, 0.15) is 19.4 Å². The Balaban J connectivity index is 1.93. The van der Waals surface area contributed by atoms with E-state index in [0.29, 0.717) is 25.3 Å². The molecule has 0 saturated carbocycles. The molecule has 0 amide bonds. The molecule has 0 aromatic carbocycles. The molecule has 0 spiro atoms. The third kappa shape index (κ3) is 5.44. The summed E-state index contributed by atoms with van der Waals surface area (Å²) in [7, 11) is 0. The zero-order valence-electron chi connectivity index (χ0n) is 13.5. The molecular formula is C16H24F3N3O. The number of ether oxygens (including phenoxy) is 1. The number of nitrogens with one attached hydrogen (secondary N) is 1. The largest absolute Gasteiger partial charge is 0.404 e. The van der Waals surface area contributed by atoms with Crippen LogP contribution in [0.2, 0.25) is 0 Å². The van der Waals surface area contributed by atoms with Crippen molar-refractivity contribution >= 4 is 0 Å². The number of nitrogens with zero attached hydrogens (tertiary/aromatic N) is 2. The number of alkyl halides is 3. The van der Waals surface area contributed by atoms with Gasteiger partial charge in [0.2, 0.25) is 0 Å². The van der Waals surface area contributed by atoms with Gasteiger partial charge in [-0.3, -0.25) is 9.88 Å². The summed E-state index contributed by atoms with van der Waals surface area (Å²) < 4.78 is 45.2. The second-order valence-electron chi connectivity index (χ2n) is 6.07. The monoisotopic (exact) mass is 331 g/mol. The first-order valence-corrected chi connectivity index (χ1v) is 7.90. The van der Waals surface area contributed by atoms with Crippen molar-refractivity contribution in [1.82, 2.24) is 15.2 Å². The highest BCUT2D eigenvalue weighted by atomic mass is 19.4. The quantitative estimate of drug-likeness (QED) is 0.868. The lowest BCUT2D eigenvalue weighted by Crippen LogP contribution is -2.54. The van der Waals surface area contributed by atoms with Gasteiger partial charge in [-0.2, -0.15) is 13.2 Å². The van der Waals surface area contributed by atoms with Gasteiger partial charge in [0.25, 0.3) is 0 Å². The van der Waals surface area contributed by atoms with Crippen LogP contribution < -0.4 is 5.32 Å². The van der Waals surface area contributed by atoms with Gasteiger partial charge in [-0.25, -0.2) is 0 Å². The Kier molecular flexibility index (Phi) is 6.38. The normalized spacial score (nSPS) is 22.7. The molecule has 0 unspecified atom stereocenters. The van der Waals surface area contributed by atoms with E-state index in [0.717, 1.165) is 6.54 Å². The molecule has 130 valence electrons. The number of hydrogen-bond donors (Lipinski definition) is 1. The summed E-state index contributed by atoms with van der Waals surface area (Å²) in [6.07, 6.45) is -1.33. The first-order chi connectivity index (χ1) is 10.9. The minimum absolute atomic E-state index is 0.0243. The number of morpholine rings is 1. The van der Waals surface area contributed by atoms with Gasteiger partial charge in [0.1, 0.15) is 6.04 Å². The maximum absolute atomic E-state index is 13.3. The second kappa shape index (κ2) is 8.08. The Labute approximate surface area is 135 Å². The highest BCUT2D eigenvalue weighted by Gasteiger charge is 2.39. The predicted molar refractivity (Wildman–Crippen MR) is 82.2 cm³/mol. The minimum Gasteiger partial charge on any atom is -0.379 e. The molecule has 3 atom stereocenters. The molecule has 2 heterocycles. The van der Waals surface area contributed by atoms with Crippen molar-refractivity contribution in [3.05, 3.63) is 30.1 Å². The van der Waals surface area contributed by atoms with E-state index < -0.39 is 12.2 Å². The van der Waals surface area contributed by atoms with E-state index in [1.165, 1.54) is 12.4 Å². The van der Waals surface area contributed by atoms with Crippen LogP contribution in [0.15, 0.2) is 24.5 Å². The second-order valence-corrected chi connectivity index (χ2v) is 6.07. The van der Waals surface area contributed by atoms with E-state index in [1.54, 1.807) is 12.1 Å². The third-order valence-corrected chi connectivity index (χ3v) is 4.23. The number of hydrogen-bond acceptors (Lipinski definition) is 4. The van der Waals surface area contributed by atoms with Crippen LogP contribution in [0.4, 0.5) is 13.2 Å². The van der Waals surface area contributed by atoms with Crippen molar-refractivity contribution in [2.45, 2.75) is 44.6 Å². The molecule has 1 fully saturated rings. The number of rotatable bonds is 6. The van der Waals surface area contributed by atoms with Gasteiger partial charge in [-0.15, -0.1) is 0 Å². The maximum atomic E-state index is 13.3. The van der Waals surface area contributed by atoms with Crippen LogP contribution in [-0.2, 0) is 11.2 Å². The summed E-state index contributed by atoms with van der Waals surface area (Å²) in [6.45, 7) is 6.30. The van der Waals surface area contributed by atoms with E-state index >= 15 is 0 Å². The summed E-state index contributed by atoms with van der Waals surface area (Å²) in [6, 6.07) is 1.94. The molecule has 1 aliphatic rings. The fourth-order valence-corrected chi connectivity index (χ4v) is 2.88. The molecule has 23 heavy (non-hydrogen) atoms. The summed E-state index contributed by atoms with van der Waals surface area (Å²) in [5, 5.41) is 2.70. The third-order valence-electron chi connectivity index (χ3n) is 4.23. The SMILES string of the molecule is C[C@H](CN[C@@H](Cc1ccncc1)C(F)(F)F)N1CCOC[C@H]1C. The van der Waals surface area contributed by atoms with Crippen molar-refractivity contribution in [3.8, 4) is 0 Å². The van der Waals surface area contributed by atoms with Crippen LogP contribution in [0.5, 0.6) is 0 Å². The molecule has 4 nitrogen and oxygen atoms in total. The molecule has 1 aromatic rings. The van der Waals surface area contributed by atoms with Crippen LogP contribution in [0.3, 0.4) is 0 Å². The minimum atomic E-state index is -4.28. The van der Waals surface area contributed by atoms with Crippen molar-refractivity contribution < 1.29 is 17.9 Å². The van der Waals surface area contributed by atoms with Crippen LogP contribution >= 0.6 is 0 Å². The molecule has 0 radical (unpaired) electrons. The first kappa shape index (κ1) is 18.2. The Morgan fingerprint density at radius 1 is 1.39 bits per heavy atom. The van der Waals surface area contributed by atoms with Crippen molar-refractivity contribution in [2.75, 3.05) is 26.3 Å². The lowest BCUT2D eigenvalue weighted by Gasteiger charge is -2.38. The van der Waals surface area contributed by atoms with Crippen LogP contribution in [0, 0.1) is 0 Å². The summed E-state index contributed by atoms with van der Waals surface area (Å²) in [4.78, 5) is 6.03. The highest BCUT2D eigenvalue weighted by molar-refractivity contribution is 5.12. The van der Waals surface area contributed by atoms with Gasteiger partial charge in [0.15, 0.2) is 0 Å². The fraction of sp³-hybridized carbons (Fsp3) is 0.688. The van der Waals surface area contributed by atoms with Gasteiger partial charge in [0.05, 0.1) is 13.2 Å². The predicted octanol–water partition coefficient (Wildman–Crippen LogP) is 2.25. The first-order valence-electron chi connectivity index (χ1n) is 7.90. The van der Waals surface area contributed by atoms with Gasteiger partial charge in [-0.05, 0) is 38.0 Å². The molecule has 1 aliphatic heterocycles. The smallest absolute Gasteiger partial charge is 0.379 e. The van der Waals surface area contributed by atoms with Gasteiger partial charge in [-0.1, -0.05) is 0 Å². The topological polar surface area (TPSA) is 37.4 Å². The van der Waals surface area contributed by atoms with Crippen LogP contribution in [-0.4, -0.2) is 60.5 Å². The Bertz CT molecular complexity index is 469. The maximum Gasteiger partial charge on any atom is 0.404 e. The van der Waals surface area contributed by atoms with E-state index in [-0.39, 0.29) is 18.5 Å².